The van der Waals surface area contributed by atoms with Crippen LogP contribution < -0.4 is 11.1 Å². The number of benzene rings is 1. The summed E-state index contributed by atoms with van der Waals surface area (Å²) in [5.74, 6) is -0.192. The van der Waals surface area contributed by atoms with E-state index in [1.165, 1.54) is 18.2 Å². The van der Waals surface area contributed by atoms with Crippen LogP contribution in [-0.2, 0) is 0 Å². The average Bonchev–Trinajstić information content (AvgIpc) is 2.10. The number of phenolic OH excluding ortho intramolecular Hbond substituents is 1. The summed E-state index contributed by atoms with van der Waals surface area (Å²) < 4.78 is 0. The molecule has 4 heteroatoms. The van der Waals surface area contributed by atoms with Gasteiger partial charge in [-0.1, -0.05) is 0 Å². The van der Waals surface area contributed by atoms with Gasteiger partial charge in [0.2, 0.25) is 0 Å². The van der Waals surface area contributed by atoms with Crippen molar-refractivity contribution in [2.45, 2.75) is 6.92 Å². The zero-order valence-electron chi connectivity index (χ0n) is 7.37. The van der Waals surface area contributed by atoms with Gasteiger partial charge in [0, 0.05) is 12.1 Å². The van der Waals surface area contributed by atoms with E-state index in [4.69, 9.17) is 10.8 Å². The molecule has 0 saturated heterocycles. The molecule has 1 amide bonds. The van der Waals surface area contributed by atoms with E-state index in [-0.39, 0.29) is 17.3 Å². The number of nitrogen functional groups attached to an aromatic ring is 1. The molecule has 0 radical (unpaired) electrons. The number of phenols is 1. The number of nitrogens with two attached hydrogens (primary N) is 1. The van der Waals surface area contributed by atoms with Crippen molar-refractivity contribution in [3.8, 4) is 5.75 Å². The lowest BCUT2D eigenvalue weighted by molar-refractivity contribution is 0.0956. The lowest BCUT2D eigenvalue weighted by atomic mass is 10.2. The minimum Gasteiger partial charge on any atom is -0.506 e. The summed E-state index contributed by atoms with van der Waals surface area (Å²) in [7, 11) is 0. The first-order valence-electron chi connectivity index (χ1n) is 4.02. The van der Waals surface area contributed by atoms with E-state index in [1.807, 2.05) is 6.92 Å². The summed E-state index contributed by atoms with van der Waals surface area (Å²) in [4.78, 5) is 11.3. The Kier molecular flexibility index (Phi) is 2.74. The van der Waals surface area contributed by atoms with E-state index in [1.54, 1.807) is 0 Å². The molecule has 1 rings (SSSR count). The molecule has 70 valence electrons. The Balaban J connectivity index is 2.90. The highest BCUT2D eigenvalue weighted by molar-refractivity contribution is 5.95. The number of nitrogens with one attached hydrogen (secondary N) is 1. The molecule has 0 aliphatic carbocycles. The molecule has 1 aromatic carbocycles. The van der Waals surface area contributed by atoms with Gasteiger partial charge in [0.15, 0.2) is 0 Å². The number of amides is 1. The average molecular weight is 180 g/mol. The maximum absolute atomic E-state index is 11.3. The van der Waals surface area contributed by atoms with Gasteiger partial charge in [-0.05, 0) is 25.1 Å². The van der Waals surface area contributed by atoms with Gasteiger partial charge in [0.1, 0.15) is 5.75 Å². The predicted molar refractivity (Wildman–Crippen MR) is 50.5 cm³/mol. The molecule has 0 heterocycles. The lowest BCUT2D eigenvalue weighted by Gasteiger charge is -2.03. The largest absolute Gasteiger partial charge is 0.506 e. The van der Waals surface area contributed by atoms with Crippen molar-refractivity contribution in [1.29, 1.82) is 0 Å². The van der Waals surface area contributed by atoms with E-state index in [2.05, 4.69) is 5.32 Å². The van der Waals surface area contributed by atoms with Gasteiger partial charge in [-0.3, -0.25) is 4.79 Å². The van der Waals surface area contributed by atoms with Crippen molar-refractivity contribution in [3.05, 3.63) is 23.8 Å². The summed E-state index contributed by atoms with van der Waals surface area (Å²) in [6.07, 6.45) is 0. The fourth-order valence-corrected chi connectivity index (χ4v) is 0.958. The van der Waals surface area contributed by atoms with Crippen LogP contribution >= 0.6 is 0 Å². The Morgan fingerprint density at radius 2 is 2.31 bits per heavy atom. The highest BCUT2D eigenvalue weighted by Crippen LogP contribution is 2.20. The minimum atomic E-state index is -0.186. The van der Waals surface area contributed by atoms with Gasteiger partial charge in [-0.25, -0.2) is 0 Å². The highest BCUT2D eigenvalue weighted by atomic mass is 16.3. The lowest BCUT2D eigenvalue weighted by Crippen LogP contribution is -2.22. The van der Waals surface area contributed by atoms with Crippen LogP contribution in [0.2, 0.25) is 0 Å². The summed E-state index contributed by atoms with van der Waals surface area (Å²) in [5.41, 5.74) is 6.09. The first-order chi connectivity index (χ1) is 6.15. The number of rotatable bonds is 2. The third-order valence-electron chi connectivity index (χ3n) is 1.63. The molecule has 0 unspecified atom stereocenters. The maximum Gasteiger partial charge on any atom is 0.251 e. The molecule has 0 fully saturated rings. The molecule has 13 heavy (non-hydrogen) atoms. The third kappa shape index (κ3) is 2.11. The zero-order valence-corrected chi connectivity index (χ0v) is 7.37. The van der Waals surface area contributed by atoms with Gasteiger partial charge >= 0.3 is 0 Å². The van der Waals surface area contributed by atoms with Crippen molar-refractivity contribution in [2.75, 3.05) is 12.3 Å². The number of carbonyl (C=O) groups is 1. The van der Waals surface area contributed by atoms with E-state index >= 15 is 0 Å². The van der Waals surface area contributed by atoms with E-state index < -0.39 is 0 Å². The Labute approximate surface area is 76.4 Å². The van der Waals surface area contributed by atoms with Gasteiger partial charge in [0.05, 0.1) is 5.69 Å². The molecule has 0 atom stereocenters. The summed E-state index contributed by atoms with van der Waals surface area (Å²) in [5, 5.41) is 11.7. The molecule has 0 aliphatic heterocycles. The fraction of sp³-hybridized carbons (Fsp3) is 0.222. The molecule has 0 aromatic heterocycles. The van der Waals surface area contributed by atoms with E-state index in [9.17, 15) is 4.79 Å². The maximum atomic E-state index is 11.3. The quantitative estimate of drug-likeness (QED) is 0.463. The Hall–Kier alpha value is -1.71. The first kappa shape index (κ1) is 9.38. The standard InChI is InChI=1S/C9H12N2O2/c1-2-11-9(13)6-3-4-8(12)7(10)5-6/h3-5,12H,2,10H2,1H3,(H,11,13). The van der Waals surface area contributed by atoms with Crippen molar-refractivity contribution in [2.24, 2.45) is 0 Å². The number of hydrogen-bond donors (Lipinski definition) is 3. The second kappa shape index (κ2) is 3.80. The fourth-order valence-electron chi connectivity index (χ4n) is 0.958. The van der Waals surface area contributed by atoms with Crippen LogP contribution in [0, 0.1) is 0 Å². The van der Waals surface area contributed by atoms with Crippen LogP contribution in [-0.4, -0.2) is 17.6 Å². The van der Waals surface area contributed by atoms with Crippen LogP contribution in [0.1, 0.15) is 17.3 Å². The Morgan fingerprint density at radius 1 is 1.62 bits per heavy atom. The summed E-state index contributed by atoms with van der Waals surface area (Å²) >= 11 is 0. The number of aromatic hydroxyl groups is 1. The molecule has 1 aromatic rings. The molecule has 0 saturated carbocycles. The van der Waals surface area contributed by atoms with Gasteiger partial charge < -0.3 is 16.2 Å². The van der Waals surface area contributed by atoms with E-state index in [0.29, 0.717) is 12.1 Å². The van der Waals surface area contributed by atoms with Crippen LogP contribution in [0.5, 0.6) is 5.75 Å². The SMILES string of the molecule is CCNC(=O)c1ccc(O)c(N)c1. The summed E-state index contributed by atoms with van der Waals surface area (Å²) in [6, 6.07) is 4.37. The molecule has 4 nitrogen and oxygen atoms in total. The van der Waals surface area contributed by atoms with E-state index in [0.717, 1.165) is 0 Å². The number of hydrogen-bond acceptors (Lipinski definition) is 3. The third-order valence-corrected chi connectivity index (χ3v) is 1.63. The molecular formula is C9H12N2O2. The van der Waals surface area contributed by atoms with Crippen molar-refractivity contribution < 1.29 is 9.90 Å². The number of carbonyl (C=O) groups excluding carboxylic acids is 1. The second-order valence-corrected chi connectivity index (χ2v) is 2.63. The van der Waals surface area contributed by atoms with Crippen LogP contribution in [0.4, 0.5) is 5.69 Å². The van der Waals surface area contributed by atoms with Crippen molar-refractivity contribution in [3.63, 3.8) is 0 Å². The highest BCUT2D eigenvalue weighted by Gasteiger charge is 2.05. The molecule has 0 aliphatic rings. The van der Waals surface area contributed by atoms with Crippen molar-refractivity contribution in [1.82, 2.24) is 5.32 Å². The number of anilines is 1. The normalized spacial score (nSPS) is 9.62. The molecule has 0 spiro atoms. The second-order valence-electron chi connectivity index (χ2n) is 2.63. The molecule has 0 bridgehead atoms. The molecular weight excluding hydrogens is 168 g/mol. The molecule has 4 N–H and O–H groups in total. The minimum absolute atomic E-state index is 0.00644. The van der Waals surface area contributed by atoms with Crippen LogP contribution in [0.3, 0.4) is 0 Å². The van der Waals surface area contributed by atoms with Crippen LogP contribution in [0.25, 0.3) is 0 Å². The van der Waals surface area contributed by atoms with Crippen molar-refractivity contribution >= 4 is 11.6 Å². The van der Waals surface area contributed by atoms with Gasteiger partial charge in [-0.2, -0.15) is 0 Å². The van der Waals surface area contributed by atoms with Gasteiger partial charge in [-0.15, -0.1) is 0 Å². The first-order valence-corrected chi connectivity index (χ1v) is 4.02. The zero-order chi connectivity index (χ0) is 9.84. The summed E-state index contributed by atoms with van der Waals surface area (Å²) in [6.45, 7) is 2.40. The Bertz CT molecular complexity index is 323. The van der Waals surface area contributed by atoms with Gasteiger partial charge in [0.25, 0.3) is 5.91 Å². The Morgan fingerprint density at radius 3 is 2.85 bits per heavy atom. The monoisotopic (exact) mass is 180 g/mol. The topological polar surface area (TPSA) is 75.3 Å². The van der Waals surface area contributed by atoms with Crippen LogP contribution in [0.15, 0.2) is 18.2 Å². The smallest absolute Gasteiger partial charge is 0.251 e. The predicted octanol–water partition coefficient (Wildman–Crippen LogP) is 0.724.